The van der Waals surface area contributed by atoms with Gasteiger partial charge < -0.3 is 14.6 Å². The Morgan fingerprint density at radius 3 is 2.81 bits per heavy atom. The van der Waals surface area contributed by atoms with Crippen LogP contribution in [0.4, 0.5) is 0 Å². The molecular weight excluding hydrogens is 332 g/mol. The Hall–Kier alpha value is -1.79. The van der Waals surface area contributed by atoms with Crippen molar-refractivity contribution in [2.45, 2.75) is 45.2 Å². The van der Waals surface area contributed by atoms with Gasteiger partial charge in [-0.1, -0.05) is 13.0 Å². The molecule has 1 unspecified atom stereocenters. The van der Waals surface area contributed by atoms with Crippen molar-refractivity contribution in [3.63, 3.8) is 0 Å². The molecule has 1 aliphatic heterocycles. The molecule has 1 N–H and O–H groups in total. The van der Waals surface area contributed by atoms with Gasteiger partial charge >= 0.3 is 5.97 Å². The smallest absolute Gasteiger partial charge is 0.317 e. The highest BCUT2D eigenvalue weighted by Crippen LogP contribution is 2.29. The first-order valence-corrected chi connectivity index (χ1v) is 9.47. The summed E-state index contributed by atoms with van der Waals surface area (Å²) in [6, 6.07) is 6.49. The van der Waals surface area contributed by atoms with E-state index < -0.39 is 5.97 Å². The number of likely N-dealkylation sites (tertiary alicyclic amines) is 1. The van der Waals surface area contributed by atoms with Crippen molar-refractivity contribution in [1.82, 2.24) is 9.80 Å². The molecule has 146 valence electrons. The Labute approximate surface area is 156 Å². The molecule has 26 heavy (non-hydrogen) atoms. The van der Waals surface area contributed by atoms with E-state index in [1.54, 1.807) is 7.11 Å². The zero-order chi connectivity index (χ0) is 18.9. The molecule has 0 radical (unpaired) electrons. The monoisotopic (exact) mass is 364 g/mol. The van der Waals surface area contributed by atoms with Crippen LogP contribution in [0.5, 0.6) is 11.5 Å². The maximum atomic E-state index is 10.9. The van der Waals surface area contributed by atoms with Crippen LogP contribution in [0.25, 0.3) is 0 Å². The fourth-order valence-corrected chi connectivity index (χ4v) is 3.48. The minimum Gasteiger partial charge on any atom is -0.493 e. The molecule has 0 aliphatic carbocycles. The third-order valence-electron chi connectivity index (χ3n) is 4.89. The molecule has 0 spiro atoms. The molecule has 1 atom stereocenters. The summed E-state index contributed by atoms with van der Waals surface area (Å²) in [7, 11) is 3.58. The highest BCUT2D eigenvalue weighted by Gasteiger charge is 2.22. The van der Waals surface area contributed by atoms with Gasteiger partial charge in [-0.15, -0.1) is 0 Å². The van der Waals surface area contributed by atoms with E-state index in [1.165, 1.54) is 5.56 Å². The number of nitrogens with zero attached hydrogens (tertiary/aromatic N) is 2. The number of carboxylic acids is 1. The molecule has 0 bridgehead atoms. The maximum Gasteiger partial charge on any atom is 0.317 e. The maximum absolute atomic E-state index is 10.9. The van der Waals surface area contributed by atoms with E-state index >= 15 is 0 Å². The Morgan fingerprint density at radius 2 is 2.12 bits per heavy atom. The molecule has 6 heteroatoms. The van der Waals surface area contributed by atoms with Crippen LogP contribution in [0.1, 0.15) is 38.2 Å². The summed E-state index contributed by atoms with van der Waals surface area (Å²) in [6.07, 6.45) is 4.10. The number of rotatable bonds is 9. The van der Waals surface area contributed by atoms with Gasteiger partial charge in [0.1, 0.15) is 0 Å². The molecule has 1 heterocycles. The fraction of sp³-hybridized carbons (Fsp3) is 0.650. The van der Waals surface area contributed by atoms with Crippen LogP contribution in [0.15, 0.2) is 18.2 Å². The first-order valence-electron chi connectivity index (χ1n) is 9.47. The number of methoxy groups -OCH3 is 1. The van der Waals surface area contributed by atoms with E-state index in [4.69, 9.17) is 14.6 Å². The predicted octanol–water partition coefficient (Wildman–Crippen LogP) is 2.85. The van der Waals surface area contributed by atoms with Crippen LogP contribution < -0.4 is 9.47 Å². The minimum atomic E-state index is -0.758. The standard InChI is InChI=1S/C20H32N2O4/c1-4-12-26-19-13-16(7-8-18(19)25-3)14-22-10-5-6-17(9-11-22)21(2)15-20(23)24/h7-8,13,17H,4-6,9-12,14-15H2,1-3H3,(H,23,24). The third kappa shape index (κ3) is 6.18. The Bertz CT molecular complexity index is 579. The number of carbonyl (C=O) groups is 1. The minimum absolute atomic E-state index is 0.112. The lowest BCUT2D eigenvalue weighted by atomic mass is 10.1. The first kappa shape index (κ1) is 20.5. The van der Waals surface area contributed by atoms with Crippen molar-refractivity contribution in [2.24, 2.45) is 0 Å². The van der Waals surface area contributed by atoms with Crippen molar-refractivity contribution in [1.29, 1.82) is 0 Å². The third-order valence-corrected chi connectivity index (χ3v) is 4.89. The van der Waals surface area contributed by atoms with E-state index in [2.05, 4.69) is 24.0 Å². The van der Waals surface area contributed by atoms with Gasteiger partial charge in [0.15, 0.2) is 11.5 Å². The number of ether oxygens (including phenoxy) is 2. The predicted molar refractivity (Wildman–Crippen MR) is 102 cm³/mol. The van der Waals surface area contributed by atoms with Crippen LogP contribution in [0.2, 0.25) is 0 Å². The van der Waals surface area contributed by atoms with Gasteiger partial charge in [0.2, 0.25) is 0 Å². The molecule has 6 nitrogen and oxygen atoms in total. The summed E-state index contributed by atoms with van der Waals surface area (Å²) in [5.41, 5.74) is 1.22. The summed E-state index contributed by atoms with van der Waals surface area (Å²) in [6.45, 7) is 5.77. The molecule has 0 aromatic heterocycles. The molecule has 1 aromatic rings. The van der Waals surface area contributed by atoms with Gasteiger partial charge in [0.25, 0.3) is 0 Å². The molecule has 2 rings (SSSR count). The topological polar surface area (TPSA) is 62.2 Å². The van der Waals surface area contributed by atoms with Crippen molar-refractivity contribution in [3.05, 3.63) is 23.8 Å². The molecule has 1 fully saturated rings. The van der Waals surface area contributed by atoms with Gasteiger partial charge in [0, 0.05) is 12.6 Å². The van der Waals surface area contributed by atoms with E-state index in [0.29, 0.717) is 12.6 Å². The lowest BCUT2D eigenvalue weighted by Gasteiger charge is -2.25. The van der Waals surface area contributed by atoms with Gasteiger partial charge in [-0.25, -0.2) is 0 Å². The highest BCUT2D eigenvalue weighted by molar-refractivity contribution is 5.69. The van der Waals surface area contributed by atoms with Crippen molar-refractivity contribution in [2.75, 3.05) is 40.4 Å². The average Bonchev–Trinajstić information content (AvgIpc) is 2.85. The number of carboxylic acid groups (broad SMARTS) is 1. The molecular formula is C20H32N2O4. The molecule has 0 amide bonds. The zero-order valence-corrected chi connectivity index (χ0v) is 16.2. The van der Waals surface area contributed by atoms with E-state index in [1.807, 2.05) is 18.0 Å². The summed E-state index contributed by atoms with van der Waals surface area (Å²) >= 11 is 0. The van der Waals surface area contributed by atoms with Crippen LogP contribution in [0.3, 0.4) is 0 Å². The van der Waals surface area contributed by atoms with E-state index in [9.17, 15) is 4.79 Å². The molecule has 0 saturated carbocycles. The van der Waals surface area contributed by atoms with Gasteiger partial charge in [-0.05, 0) is 63.5 Å². The Balaban J connectivity index is 1.95. The second-order valence-corrected chi connectivity index (χ2v) is 7.00. The summed E-state index contributed by atoms with van der Waals surface area (Å²) < 4.78 is 11.2. The van der Waals surface area contributed by atoms with Gasteiger partial charge in [0.05, 0.1) is 20.3 Å². The lowest BCUT2D eigenvalue weighted by Crippen LogP contribution is -2.36. The zero-order valence-electron chi connectivity index (χ0n) is 16.2. The molecule has 1 aromatic carbocycles. The number of hydrogen-bond acceptors (Lipinski definition) is 5. The average molecular weight is 364 g/mol. The van der Waals surface area contributed by atoms with Crippen molar-refractivity contribution < 1.29 is 19.4 Å². The summed E-state index contributed by atoms with van der Waals surface area (Å²) in [5.74, 6) is 0.820. The van der Waals surface area contributed by atoms with E-state index in [-0.39, 0.29) is 6.54 Å². The largest absolute Gasteiger partial charge is 0.493 e. The second-order valence-electron chi connectivity index (χ2n) is 7.00. The lowest BCUT2D eigenvalue weighted by molar-refractivity contribution is -0.138. The molecule has 1 aliphatic rings. The Morgan fingerprint density at radius 1 is 1.31 bits per heavy atom. The number of benzene rings is 1. The summed E-state index contributed by atoms with van der Waals surface area (Å²) in [4.78, 5) is 15.3. The van der Waals surface area contributed by atoms with Crippen LogP contribution in [-0.2, 0) is 11.3 Å². The quantitative estimate of drug-likeness (QED) is 0.727. The number of aliphatic carboxylic acids is 1. The highest BCUT2D eigenvalue weighted by atomic mass is 16.5. The SMILES string of the molecule is CCCOc1cc(CN2CCCC(N(C)CC(=O)O)CC2)ccc1OC. The van der Waals surface area contributed by atoms with Gasteiger partial charge in [-0.3, -0.25) is 14.6 Å². The van der Waals surface area contributed by atoms with Crippen molar-refractivity contribution in [3.8, 4) is 11.5 Å². The van der Waals surface area contributed by atoms with E-state index in [0.717, 1.165) is 56.8 Å². The molecule has 1 saturated heterocycles. The number of hydrogen-bond donors (Lipinski definition) is 1. The first-order chi connectivity index (χ1) is 12.5. The normalized spacial score (nSPS) is 18.5. The van der Waals surface area contributed by atoms with Crippen molar-refractivity contribution >= 4 is 5.97 Å². The Kier molecular flexibility index (Phi) is 8.19. The fourth-order valence-electron chi connectivity index (χ4n) is 3.48. The van der Waals surface area contributed by atoms with Gasteiger partial charge in [-0.2, -0.15) is 0 Å². The van der Waals surface area contributed by atoms with Crippen LogP contribution in [-0.4, -0.2) is 67.3 Å². The summed E-state index contributed by atoms with van der Waals surface area (Å²) in [5, 5.41) is 8.99. The number of likely N-dealkylation sites (N-methyl/N-ethyl adjacent to an activating group) is 1. The van der Waals surface area contributed by atoms with Crippen LogP contribution >= 0.6 is 0 Å². The van der Waals surface area contributed by atoms with Crippen LogP contribution in [0, 0.1) is 0 Å². The second kappa shape index (κ2) is 10.4.